The maximum absolute atomic E-state index is 13.1. The number of amides is 2. The van der Waals surface area contributed by atoms with E-state index < -0.39 is 29.3 Å². The van der Waals surface area contributed by atoms with Gasteiger partial charge < -0.3 is 11.1 Å². The molecule has 0 radical (unpaired) electrons. The number of carbonyl (C=O) groups excluding carboxylic acids is 3. The number of aromatic nitrogens is 3. The normalized spacial score (nSPS) is 13.5. The molecule has 0 aliphatic carbocycles. The van der Waals surface area contributed by atoms with E-state index in [9.17, 15) is 14.4 Å². The third kappa shape index (κ3) is 5.91. The summed E-state index contributed by atoms with van der Waals surface area (Å²) in [6.45, 7) is 7.57. The first kappa shape index (κ1) is 23.6. The lowest BCUT2D eigenvalue weighted by Gasteiger charge is -2.30. The Morgan fingerprint density at radius 2 is 1.83 bits per heavy atom. The maximum Gasteiger partial charge on any atom is 0.246 e. The van der Waals surface area contributed by atoms with Gasteiger partial charge in [0.05, 0.1) is 6.20 Å². The van der Waals surface area contributed by atoms with Gasteiger partial charge in [0.2, 0.25) is 17.6 Å². The zero-order valence-electron chi connectivity index (χ0n) is 18.0. The van der Waals surface area contributed by atoms with E-state index in [1.165, 1.54) is 10.9 Å². The van der Waals surface area contributed by atoms with Gasteiger partial charge in [-0.3, -0.25) is 14.4 Å². The number of ketones is 1. The molecule has 1 unspecified atom stereocenters. The third-order valence-corrected chi connectivity index (χ3v) is 5.30. The Morgan fingerprint density at radius 3 is 2.37 bits per heavy atom. The first-order chi connectivity index (χ1) is 14.0. The summed E-state index contributed by atoms with van der Waals surface area (Å²) in [4.78, 5) is 37.5. The Morgan fingerprint density at radius 1 is 1.20 bits per heavy atom. The molecule has 2 amide bonds. The van der Waals surface area contributed by atoms with Gasteiger partial charge in [0, 0.05) is 5.56 Å². The summed E-state index contributed by atoms with van der Waals surface area (Å²) in [5.74, 6) is -0.568. The fourth-order valence-electron chi connectivity index (χ4n) is 3.04. The quantitative estimate of drug-likeness (QED) is 0.587. The number of benzene rings is 1. The molecule has 1 heterocycles. The van der Waals surface area contributed by atoms with Crippen molar-refractivity contribution < 1.29 is 14.4 Å². The van der Waals surface area contributed by atoms with E-state index in [0.29, 0.717) is 17.7 Å². The summed E-state index contributed by atoms with van der Waals surface area (Å²) in [5.41, 5.74) is 6.59. The van der Waals surface area contributed by atoms with Crippen LogP contribution in [0, 0.1) is 12.3 Å². The van der Waals surface area contributed by atoms with E-state index in [0.717, 1.165) is 5.56 Å². The SMILES string of the molecule is CSCC[C@H](NC(=O)C(n1cc(C(=O)c2ccc(C)cc2)nn1)C(C)(C)C)C(N)=O. The van der Waals surface area contributed by atoms with Crippen LogP contribution >= 0.6 is 11.8 Å². The largest absolute Gasteiger partial charge is 0.368 e. The molecule has 0 aliphatic heterocycles. The number of nitrogens with zero attached hydrogens (tertiary/aromatic N) is 3. The van der Waals surface area contributed by atoms with E-state index in [1.807, 2.05) is 46.1 Å². The average Bonchev–Trinajstić information content (AvgIpc) is 3.13. The van der Waals surface area contributed by atoms with Crippen LogP contribution in [-0.2, 0) is 9.59 Å². The number of hydrogen-bond donors (Lipinski definition) is 2. The molecule has 162 valence electrons. The summed E-state index contributed by atoms with van der Waals surface area (Å²) >= 11 is 1.57. The van der Waals surface area contributed by atoms with Crippen LogP contribution < -0.4 is 11.1 Å². The minimum Gasteiger partial charge on any atom is -0.368 e. The molecule has 1 aromatic heterocycles. The zero-order chi connectivity index (χ0) is 22.5. The van der Waals surface area contributed by atoms with Gasteiger partial charge in [0.15, 0.2) is 5.69 Å². The molecule has 2 atom stereocenters. The standard InChI is InChI=1S/C21H29N5O3S/c1-13-6-8-14(9-7-13)17(27)16-12-26(25-24-16)18(21(2,3)4)20(29)23-15(19(22)28)10-11-30-5/h6-9,12,15,18H,10-11H2,1-5H3,(H2,22,28)(H,23,29)/t15-,18?/m0/s1. The number of aryl methyl sites for hydroxylation is 1. The van der Waals surface area contributed by atoms with E-state index in [2.05, 4.69) is 15.6 Å². The number of carbonyl (C=O) groups is 3. The molecule has 9 heteroatoms. The number of rotatable bonds is 9. The van der Waals surface area contributed by atoms with Gasteiger partial charge in [-0.2, -0.15) is 11.8 Å². The van der Waals surface area contributed by atoms with Crippen molar-refractivity contribution in [2.75, 3.05) is 12.0 Å². The fourth-order valence-corrected chi connectivity index (χ4v) is 3.51. The first-order valence-corrected chi connectivity index (χ1v) is 11.1. The fraction of sp³-hybridized carbons (Fsp3) is 0.476. The highest BCUT2D eigenvalue weighted by Gasteiger charge is 2.36. The molecule has 2 rings (SSSR count). The van der Waals surface area contributed by atoms with E-state index in [1.54, 1.807) is 23.9 Å². The summed E-state index contributed by atoms with van der Waals surface area (Å²) in [6.07, 6.45) is 3.83. The van der Waals surface area contributed by atoms with Crippen LogP contribution in [0.2, 0.25) is 0 Å². The first-order valence-electron chi connectivity index (χ1n) is 9.66. The summed E-state index contributed by atoms with van der Waals surface area (Å²) in [5, 5.41) is 10.8. The maximum atomic E-state index is 13.1. The van der Waals surface area contributed by atoms with Gasteiger partial charge in [-0.1, -0.05) is 55.8 Å². The number of thioether (sulfide) groups is 1. The summed E-state index contributed by atoms with van der Waals surface area (Å²) < 4.78 is 1.38. The predicted octanol–water partition coefficient (Wildman–Crippen LogP) is 2.13. The molecule has 0 bridgehead atoms. The monoisotopic (exact) mass is 431 g/mol. The van der Waals surface area contributed by atoms with Crippen molar-refractivity contribution >= 4 is 29.4 Å². The molecule has 30 heavy (non-hydrogen) atoms. The number of nitrogens with one attached hydrogen (secondary N) is 1. The van der Waals surface area contributed by atoms with Crippen molar-refractivity contribution in [1.29, 1.82) is 0 Å². The van der Waals surface area contributed by atoms with Crippen LogP contribution in [0.5, 0.6) is 0 Å². The van der Waals surface area contributed by atoms with Crippen LogP contribution in [0.1, 0.15) is 54.8 Å². The third-order valence-electron chi connectivity index (χ3n) is 4.66. The molecule has 2 aromatic rings. The molecule has 0 spiro atoms. The second-order valence-electron chi connectivity index (χ2n) is 8.29. The lowest BCUT2D eigenvalue weighted by Crippen LogP contribution is -2.49. The number of hydrogen-bond acceptors (Lipinski definition) is 6. The minimum atomic E-state index is -0.777. The van der Waals surface area contributed by atoms with E-state index in [4.69, 9.17) is 5.73 Å². The minimum absolute atomic E-state index is 0.148. The Balaban J connectivity index is 2.27. The average molecular weight is 432 g/mol. The van der Waals surface area contributed by atoms with Crippen LogP contribution in [0.25, 0.3) is 0 Å². The van der Waals surface area contributed by atoms with Gasteiger partial charge in [-0.05, 0) is 30.8 Å². The Hall–Kier alpha value is -2.68. The molecule has 0 aliphatic rings. The highest BCUT2D eigenvalue weighted by molar-refractivity contribution is 7.98. The smallest absolute Gasteiger partial charge is 0.246 e. The number of primary amides is 1. The van der Waals surface area contributed by atoms with Crippen molar-refractivity contribution in [1.82, 2.24) is 20.3 Å². The van der Waals surface area contributed by atoms with Gasteiger partial charge in [-0.25, -0.2) is 4.68 Å². The second-order valence-corrected chi connectivity index (χ2v) is 9.28. The predicted molar refractivity (Wildman–Crippen MR) is 117 cm³/mol. The second kappa shape index (κ2) is 9.88. The molecule has 3 N–H and O–H groups in total. The van der Waals surface area contributed by atoms with Gasteiger partial charge in [0.25, 0.3) is 0 Å². The summed E-state index contributed by atoms with van der Waals surface area (Å²) in [6, 6.07) is 5.61. The van der Waals surface area contributed by atoms with Gasteiger partial charge in [0.1, 0.15) is 12.1 Å². The molecule has 8 nitrogen and oxygen atoms in total. The van der Waals surface area contributed by atoms with Crippen molar-refractivity contribution in [3.8, 4) is 0 Å². The van der Waals surface area contributed by atoms with Crippen molar-refractivity contribution in [2.24, 2.45) is 11.1 Å². The van der Waals surface area contributed by atoms with Gasteiger partial charge in [-0.15, -0.1) is 5.10 Å². The van der Waals surface area contributed by atoms with E-state index in [-0.39, 0.29) is 11.5 Å². The Labute approximate surface area is 181 Å². The molecular weight excluding hydrogens is 402 g/mol. The van der Waals surface area contributed by atoms with Crippen molar-refractivity contribution in [2.45, 2.75) is 46.2 Å². The molecule has 0 saturated carbocycles. The van der Waals surface area contributed by atoms with E-state index >= 15 is 0 Å². The van der Waals surface area contributed by atoms with Crippen LogP contribution in [0.3, 0.4) is 0 Å². The Bertz CT molecular complexity index is 902. The molecule has 0 saturated heterocycles. The topological polar surface area (TPSA) is 120 Å². The molecule has 0 fully saturated rings. The van der Waals surface area contributed by atoms with Crippen LogP contribution in [0.15, 0.2) is 30.5 Å². The van der Waals surface area contributed by atoms with Crippen LogP contribution in [0.4, 0.5) is 0 Å². The molecule has 1 aromatic carbocycles. The van der Waals surface area contributed by atoms with Crippen LogP contribution in [-0.4, -0.2) is 50.6 Å². The Kier molecular flexibility index (Phi) is 7.77. The zero-order valence-corrected chi connectivity index (χ0v) is 18.8. The van der Waals surface area contributed by atoms with Crippen molar-refractivity contribution in [3.63, 3.8) is 0 Å². The summed E-state index contributed by atoms with van der Waals surface area (Å²) in [7, 11) is 0. The lowest BCUT2D eigenvalue weighted by molar-refractivity contribution is -0.132. The lowest BCUT2D eigenvalue weighted by atomic mass is 9.86. The van der Waals surface area contributed by atoms with Gasteiger partial charge >= 0.3 is 0 Å². The highest BCUT2D eigenvalue weighted by Crippen LogP contribution is 2.30. The van der Waals surface area contributed by atoms with Crippen molar-refractivity contribution in [3.05, 3.63) is 47.3 Å². The molecular formula is C21H29N5O3S. The number of nitrogens with two attached hydrogens (primary N) is 1. The highest BCUT2D eigenvalue weighted by atomic mass is 32.2.